The van der Waals surface area contributed by atoms with Crippen molar-refractivity contribution in [2.24, 2.45) is 7.05 Å². The van der Waals surface area contributed by atoms with E-state index in [1.807, 2.05) is 0 Å². The molecule has 3 aromatic rings. The summed E-state index contributed by atoms with van der Waals surface area (Å²) in [5.74, 6) is -1.12. The Morgan fingerprint density at radius 1 is 1.25 bits per heavy atom. The zero-order valence-electron chi connectivity index (χ0n) is 13.9. The van der Waals surface area contributed by atoms with E-state index in [4.69, 9.17) is 0 Å². The van der Waals surface area contributed by atoms with Crippen molar-refractivity contribution in [3.05, 3.63) is 35.7 Å². The fourth-order valence-corrected chi connectivity index (χ4v) is 3.13. The third-order valence-electron chi connectivity index (χ3n) is 3.32. The van der Waals surface area contributed by atoms with Gasteiger partial charge in [0, 0.05) is 13.2 Å². The lowest BCUT2D eigenvalue weighted by Gasteiger charge is -2.08. The number of benzene rings is 1. The SMILES string of the molecule is Cn1cc(C(=O)Nc2nc3ccc(OCC(F)(F)F)cc3s2)c(C(F)(F)F)n1. The van der Waals surface area contributed by atoms with Gasteiger partial charge >= 0.3 is 12.4 Å². The molecule has 1 aromatic carbocycles. The number of carbonyl (C=O) groups is 1. The molecule has 2 aromatic heterocycles. The summed E-state index contributed by atoms with van der Waals surface area (Å²) in [4.78, 5) is 16.2. The first kappa shape index (κ1) is 19.9. The molecule has 0 spiro atoms. The molecular weight excluding hydrogens is 414 g/mol. The average Bonchev–Trinajstić information content (AvgIpc) is 3.14. The zero-order valence-corrected chi connectivity index (χ0v) is 14.7. The monoisotopic (exact) mass is 424 g/mol. The Morgan fingerprint density at radius 2 is 1.96 bits per heavy atom. The molecule has 0 saturated carbocycles. The number of fused-ring (bicyclic) bond motifs is 1. The van der Waals surface area contributed by atoms with Crippen molar-refractivity contribution in [2.45, 2.75) is 12.4 Å². The summed E-state index contributed by atoms with van der Waals surface area (Å²) in [5, 5.41) is 5.46. The average molecular weight is 424 g/mol. The number of hydrogen-bond acceptors (Lipinski definition) is 5. The van der Waals surface area contributed by atoms with Crippen LogP contribution in [0.25, 0.3) is 10.2 Å². The van der Waals surface area contributed by atoms with Crippen LogP contribution in [0, 0.1) is 0 Å². The van der Waals surface area contributed by atoms with Gasteiger partial charge in [0.25, 0.3) is 5.91 Å². The summed E-state index contributed by atoms with van der Waals surface area (Å²) < 4.78 is 81.4. The molecule has 2 heterocycles. The number of thiazole rings is 1. The lowest BCUT2D eigenvalue weighted by Crippen LogP contribution is -2.19. The summed E-state index contributed by atoms with van der Waals surface area (Å²) in [6.07, 6.45) is -8.39. The van der Waals surface area contributed by atoms with Gasteiger partial charge in [0.1, 0.15) is 5.75 Å². The van der Waals surface area contributed by atoms with E-state index in [0.717, 1.165) is 22.2 Å². The van der Waals surface area contributed by atoms with Gasteiger partial charge in [-0.15, -0.1) is 0 Å². The summed E-state index contributed by atoms with van der Waals surface area (Å²) >= 11 is 0.875. The van der Waals surface area contributed by atoms with E-state index in [2.05, 4.69) is 20.1 Å². The Hall–Kier alpha value is -2.83. The summed E-state index contributed by atoms with van der Waals surface area (Å²) in [7, 11) is 1.24. The maximum Gasteiger partial charge on any atom is 0.435 e. The number of rotatable bonds is 4. The summed E-state index contributed by atoms with van der Waals surface area (Å²) in [6, 6.07) is 3.93. The smallest absolute Gasteiger partial charge is 0.435 e. The number of nitrogens with one attached hydrogen (secondary N) is 1. The Labute approximate surface area is 156 Å². The molecule has 0 aliphatic carbocycles. The number of hydrogen-bond donors (Lipinski definition) is 1. The number of ether oxygens (including phenoxy) is 1. The molecule has 0 aliphatic rings. The van der Waals surface area contributed by atoms with Gasteiger partial charge in [0.2, 0.25) is 0 Å². The van der Waals surface area contributed by atoms with Crippen molar-refractivity contribution in [1.29, 1.82) is 0 Å². The highest BCUT2D eigenvalue weighted by atomic mass is 32.1. The van der Waals surface area contributed by atoms with E-state index in [1.165, 1.54) is 25.2 Å². The van der Waals surface area contributed by atoms with Crippen molar-refractivity contribution in [3.8, 4) is 5.75 Å². The Morgan fingerprint density at radius 3 is 2.61 bits per heavy atom. The minimum absolute atomic E-state index is 0.0232. The highest BCUT2D eigenvalue weighted by molar-refractivity contribution is 7.22. The zero-order chi connectivity index (χ0) is 20.7. The van der Waals surface area contributed by atoms with Gasteiger partial charge in [-0.1, -0.05) is 11.3 Å². The van der Waals surface area contributed by atoms with Crippen LogP contribution in [-0.4, -0.2) is 33.5 Å². The van der Waals surface area contributed by atoms with Gasteiger partial charge in [-0.05, 0) is 18.2 Å². The van der Waals surface area contributed by atoms with Crippen molar-refractivity contribution in [1.82, 2.24) is 14.8 Å². The summed E-state index contributed by atoms with van der Waals surface area (Å²) in [6.45, 7) is -1.47. The molecule has 0 unspecified atom stereocenters. The molecule has 6 nitrogen and oxygen atoms in total. The van der Waals surface area contributed by atoms with Crippen LogP contribution in [0.15, 0.2) is 24.4 Å². The van der Waals surface area contributed by atoms with Crippen LogP contribution < -0.4 is 10.1 Å². The molecule has 150 valence electrons. The largest absolute Gasteiger partial charge is 0.484 e. The number of amides is 1. The van der Waals surface area contributed by atoms with Crippen LogP contribution in [0.1, 0.15) is 16.1 Å². The second-order valence-corrected chi connectivity index (χ2v) is 6.60. The molecule has 0 fully saturated rings. The second-order valence-electron chi connectivity index (χ2n) is 5.57. The predicted molar refractivity (Wildman–Crippen MR) is 87.3 cm³/mol. The van der Waals surface area contributed by atoms with E-state index in [0.29, 0.717) is 10.2 Å². The second kappa shape index (κ2) is 6.96. The van der Waals surface area contributed by atoms with E-state index in [9.17, 15) is 31.1 Å². The van der Waals surface area contributed by atoms with E-state index < -0.39 is 36.1 Å². The first-order valence-electron chi connectivity index (χ1n) is 7.45. The maximum atomic E-state index is 13.0. The van der Waals surface area contributed by atoms with Crippen LogP contribution in [-0.2, 0) is 13.2 Å². The fraction of sp³-hybridized carbons (Fsp3) is 0.267. The number of aryl methyl sites for hydroxylation is 1. The highest BCUT2D eigenvalue weighted by Crippen LogP contribution is 2.33. The van der Waals surface area contributed by atoms with Crippen LogP contribution in [0.2, 0.25) is 0 Å². The quantitative estimate of drug-likeness (QED) is 0.636. The van der Waals surface area contributed by atoms with Crippen LogP contribution >= 0.6 is 11.3 Å². The van der Waals surface area contributed by atoms with Gasteiger partial charge in [0.05, 0.1) is 15.8 Å². The lowest BCUT2D eigenvalue weighted by atomic mass is 10.2. The van der Waals surface area contributed by atoms with Gasteiger partial charge in [-0.3, -0.25) is 14.8 Å². The van der Waals surface area contributed by atoms with E-state index in [-0.39, 0.29) is 10.9 Å². The van der Waals surface area contributed by atoms with Crippen molar-refractivity contribution in [3.63, 3.8) is 0 Å². The molecule has 1 amide bonds. The van der Waals surface area contributed by atoms with Crippen molar-refractivity contribution in [2.75, 3.05) is 11.9 Å². The Kier molecular flexibility index (Phi) is 4.95. The number of anilines is 1. The number of alkyl halides is 6. The topological polar surface area (TPSA) is 69.0 Å². The number of carbonyl (C=O) groups excluding carboxylic acids is 1. The van der Waals surface area contributed by atoms with Crippen LogP contribution in [0.3, 0.4) is 0 Å². The van der Waals surface area contributed by atoms with Gasteiger partial charge in [-0.25, -0.2) is 4.98 Å². The van der Waals surface area contributed by atoms with Crippen LogP contribution in [0.4, 0.5) is 31.5 Å². The first-order chi connectivity index (χ1) is 12.9. The molecule has 3 rings (SSSR count). The molecule has 0 saturated heterocycles. The van der Waals surface area contributed by atoms with Crippen LogP contribution in [0.5, 0.6) is 5.75 Å². The van der Waals surface area contributed by atoms with Crippen molar-refractivity contribution >= 4 is 32.6 Å². The van der Waals surface area contributed by atoms with Gasteiger partial charge < -0.3 is 4.74 Å². The molecule has 0 bridgehead atoms. The number of halogens is 6. The molecule has 13 heteroatoms. The van der Waals surface area contributed by atoms with Gasteiger partial charge in [-0.2, -0.15) is 31.4 Å². The fourth-order valence-electron chi connectivity index (χ4n) is 2.24. The first-order valence-corrected chi connectivity index (χ1v) is 8.26. The standard InChI is InChI=1S/C15H10F6N4O2S/c1-25-5-8(11(24-25)15(19,20)21)12(26)23-13-22-9-3-2-7(4-10(9)28-13)27-6-14(16,17)18/h2-5H,6H2,1H3,(H,22,23,26). The van der Waals surface area contributed by atoms with E-state index in [1.54, 1.807) is 0 Å². The minimum atomic E-state index is -4.81. The number of nitrogens with zero attached hydrogens (tertiary/aromatic N) is 3. The van der Waals surface area contributed by atoms with Gasteiger partial charge in [0.15, 0.2) is 17.4 Å². The molecule has 0 aliphatic heterocycles. The lowest BCUT2D eigenvalue weighted by molar-refractivity contribution is -0.153. The third-order valence-corrected chi connectivity index (χ3v) is 4.26. The molecule has 28 heavy (non-hydrogen) atoms. The normalized spacial score (nSPS) is 12.4. The molecular formula is C15H10F6N4O2S. The highest BCUT2D eigenvalue weighted by Gasteiger charge is 2.39. The maximum absolute atomic E-state index is 13.0. The number of aromatic nitrogens is 3. The predicted octanol–water partition coefficient (Wildman–Crippen LogP) is 4.24. The Balaban J connectivity index is 1.80. The van der Waals surface area contributed by atoms with E-state index >= 15 is 0 Å². The summed E-state index contributed by atoms with van der Waals surface area (Å²) in [5.41, 5.74) is -1.68. The molecule has 0 atom stereocenters. The minimum Gasteiger partial charge on any atom is -0.484 e. The Bertz CT molecular complexity index is 1020. The third kappa shape index (κ3) is 4.52. The molecule has 1 N–H and O–H groups in total. The van der Waals surface area contributed by atoms with Crippen molar-refractivity contribution < 1.29 is 35.9 Å². The molecule has 0 radical (unpaired) electrons.